The van der Waals surface area contributed by atoms with E-state index in [4.69, 9.17) is 4.98 Å². The Morgan fingerprint density at radius 3 is 2.86 bits per heavy atom. The van der Waals surface area contributed by atoms with Crippen LogP contribution >= 0.6 is 11.3 Å². The molecule has 1 aliphatic heterocycles. The van der Waals surface area contributed by atoms with Gasteiger partial charge in [0.25, 0.3) is 0 Å². The lowest BCUT2D eigenvalue weighted by molar-refractivity contribution is 0.189. The molecule has 3 heterocycles. The molecule has 6 nitrogen and oxygen atoms in total. The zero-order valence-corrected chi connectivity index (χ0v) is 18.1. The highest BCUT2D eigenvalue weighted by atomic mass is 32.1. The number of aromatic nitrogens is 3. The first kappa shape index (κ1) is 19.6. The van der Waals surface area contributed by atoms with Crippen LogP contribution in [-0.2, 0) is 6.54 Å². The van der Waals surface area contributed by atoms with Gasteiger partial charge in [-0.2, -0.15) is 0 Å². The predicted molar refractivity (Wildman–Crippen MR) is 119 cm³/mol. The van der Waals surface area contributed by atoms with Crippen LogP contribution in [0.4, 0.5) is 0 Å². The molecule has 3 aromatic rings. The highest BCUT2D eigenvalue weighted by Crippen LogP contribution is 2.29. The minimum absolute atomic E-state index is 0.416. The minimum atomic E-state index is 0.416. The molecule has 1 saturated heterocycles. The van der Waals surface area contributed by atoms with Crippen molar-refractivity contribution in [3.8, 4) is 10.6 Å². The first-order chi connectivity index (χ1) is 14.2. The summed E-state index contributed by atoms with van der Waals surface area (Å²) in [6.45, 7) is 7.10. The molecule has 0 radical (unpaired) electrons. The number of nitrogens with zero attached hydrogens (tertiary/aromatic N) is 5. The molecule has 0 saturated carbocycles. The van der Waals surface area contributed by atoms with Gasteiger partial charge >= 0.3 is 0 Å². The Balaban J connectivity index is 1.43. The monoisotopic (exact) mass is 408 g/mol. The Bertz CT molecular complexity index is 947. The van der Waals surface area contributed by atoms with Crippen molar-refractivity contribution in [1.82, 2.24) is 24.8 Å². The average Bonchev–Trinajstić information content (AvgIpc) is 3.40. The molecule has 29 heavy (non-hydrogen) atoms. The van der Waals surface area contributed by atoms with Crippen LogP contribution < -0.4 is 5.32 Å². The maximum atomic E-state index is 4.77. The molecule has 7 heteroatoms. The highest BCUT2D eigenvalue weighted by molar-refractivity contribution is 7.15. The molecule has 2 unspecified atom stereocenters. The van der Waals surface area contributed by atoms with Crippen LogP contribution in [0.2, 0.25) is 0 Å². The molecule has 1 N–H and O–H groups in total. The summed E-state index contributed by atoms with van der Waals surface area (Å²) in [5.74, 6) is 1.58. The molecule has 4 rings (SSSR count). The van der Waals surface area contributed by atoms with E-state index in [9.17, 15) is 0 Å². The van der Waals surface area contributed by atoms with E-state index in [1.165, 1.54) is 10.4 Å². The summed E-state index contributed by atoms with van der Waals surface area (Å²) in [5, 5.41) is 4.63. The van der Waals surface area contributed by atoms with Gasteiger partial charge in [-0.25, -0.2) is 9.97 Å². The van der Waals surface area contributed by atoms with Crippen molar-refractivity contribution in [2.45, 2.75) is 32.9 Å². The fourth-order valence-electron chi connectivity index (χ4n) is 3.88. The molecular formula is C22H28N6S. The second-order valence-corrected chi connectivity index (χ2v) is 8.67. The van der Waals surface area contributed by atoms with Crippen molar-refractivity contribution >= 4 is 17.3 Å². The van der Waals surface area contributed by atoms with Crippen LogP contribution in [0, 0.1) is 12.8 Å². The topological polar surface area (TPSA) is 58.3 Å². The summed E-state index contributed by atoms with van der Waals surface area (Å²) in [6.07, 6.45) is 6.98. The van der Waals surface area contributed by atoms with E-state index in [-0.39, 0.29) is 0 Å². The van der Waals surface area contributed by atoms with Gasteiger partial charge in [-0.1, -0.05) is 37.3 Å². The van der Waals surface area contributed by atoms with Gasteiger partial charge in [0.05, 0.1) is 24.6 Å². The summed E-state index contributed by atoms with van der Waals surface area (Å²) in [4.78, 5) is 17.2. The smallest absolute Gasteiger partial charge is 0.194 e. The number of nitrogens with one attached hydrogen (secondary N) is 1. The van der Waals surface area contributed by atoms with E-state index in [1.54, 1.807) is 11.3 Å². The average molecular weight is 409 g/mol. The summed E-state index contributed by atoms with van der Waals surface area (Å²) in [5.41, 5.74) is 2.25. The minimum Gasteiger partial charge on any atom is -0.351 e. The second-order valence-electron chi connectivity index (χ2n) is 7.58. The van der Waals surface area contributed by atoms with E-state index in [0.717, 1.165) is 42.7 Å². The Hall–Kier alpha value is -2.67. The Kier molecular flexibility index (Phi) is 5.94. The summed E-state index contributed by atoms with van der Waals surface area (Å²) < 4.78 is 2.23. The molecule has 0 spiro atoms. The molecule has 0 amide bonds. The molecule has 1 fully saturated rings. The molecule has 2 aromatic heterocycles. The van der Waals surface area contributed by atoms with Gasteiger partial charge in [-0.15, -0.1) is 11.3 Å². The third-order valence-corrected chi connectivity index (χ3v) is 6.86. The van der Waals surface area contributed by atoms with Gasteiger partial charge in [0.1, 0.15) is 5.01 Å². The number of thiazole rings is 1. The number of hydrogen-bond acceptors (Lipinski definition) is 4. The van der Waals surface area contributed by atoms with Crippen LogP contribution in [0.3, 0.4) is 0 Å². The van der Waals surface area contributed by atoms with Crippen molar-refractivity contribution in [1.29, 1.82) is 0 Å². The quantitative estimate of drug-likeness (QED) is 0.524. The lowest BCUT2D eigenvalue weighted by Gasteiger charge is -2.39. The van der Waals surface area contributed by atoms with Crippen molar-refractivity contribution < 1.29 is 0 Å². The fraction of sp³-hybridized carbons (Fsp3) is 0.409. The van der Waals surface area contributed by atoms with E-state index in [1.807, 2.05) is 25.6 Å². The first-order valence-corrected chi connectivity index (χ1v) is 10.9. The van der Waals surface area contributed by atoms with Crippen LogP contribution in [0.5, 0.6) is 0 Å². The Labute approximate surface area is 176 Å². The van der Waals surface area contributed by atoms with E-state index in [0.29, 0.717) is 12.0 Å². The largest absolute Gasteiger partial charge is 0.351 e. The maximum Gasteiger partial charge on any atom is 0.194 e. The summed E-state index contributed by atoms with van der Waals surface area (Å²) in [7, 11) is 1.86. The van der Waals surface area contributed by atoms with Gasteiger partial charge in [0.2, 0.25) is 0 Å². The van der Waals surface area contributed by atoms with Crippen LogP contribution in [0.25, 0.3) is 10.6 Å². The van der Waals surface area contributed by atoms with E-state index < -0.39 is 0 Å². The van der Waals surface area contributed by atoms with Gasteiger partial charge in [0, 0.05) is 43.0 Å². The lowest BCUT2D eigenvalue weighted by Crippen LogP contribution is -2.48. The zero-order valence-electron chi connectivity index (χ0n) is 17.2. The van der Waals surface area contributed by atoms with Gasteiger partial charge in [-0.3, -0.25) is 4.99 Å². The number of aliphatic imine (C=N–C) groups is 1. The normalized spacial score (nSPS) is 20.1. The van der Waals surface area contributed by atoms with Gasteiger partial charge < -0.3 is 14.8 Å². The molecule has 0 aliphatic carbocycles. The van der Waals surface area contributed by atoms with E-state index in [2.05, 4.69) is 69.1 Å². The number of imidazole rings is 1. The van der Waals surface area contributed by atoms with E-state index >= 15 is 0 Å². The summed E-state index contributed by atoms with van der Waals surface area (Å²) >= 11 is 1.75. The number of piperidine rings is 1. The second kappa shape index (κ2) is 8.78. The third kappa shape index (κ3) is 4.34. The highest BCUT2D eigenvalue weighted by Gasteiger charge is 2.29. The van der Waals surface area contributed by atoms with Crippen molar-refractivity contribution in [2.75, 3.05) is 20.1 Å². The van der Waals surface area contributed by atoms with Crippen LogP contribution in [0.1, 0.15) is 30.0 Å². The maximum absolute atomic E-state index is 4.77. The molecule has 152 valence electrons. The lowest BCUT2D eigenvalue weighted by atomic mass is 9.93. The predicted octanol–water partition coefficient (Wildman–Crippen LogP) is 3.97. The number of rotatable bonds is 4. The molecule has 0 bridgehead atoms. The number of guanidine groups is 1. The summed E-state index contributed by atoms with van der Waals surface area (Å²) in [6, 6.07) is 10.8. The number of benzene rings is 1. The molecule has 2 atom stereocenters. The van der Waals surface area contributed by atoms with Crippen LogP contribution in [0.15, 0.2) is 54.0 Å². The Morgan fingerprint density at radius 2 is 2.14 bits per heavy atom. The SMILES string of the molecule is CN=C(NCc1sc(-c2ccccc2)nc1C)N1CCC(C)C(n2ccnc2)C1. The fourth-order valence-corrected chi connectivity index (χ4v) is 4.89. The van der Waals surface area contributed by atoms with Gasteiger partial charge in [0.15, 0.2) is 5.96 Å². The van der Waals surface area contributed by atoms with Crippen molar-refractivity contribution in [2.24, 2.45) is 10.9 Å². The molecule has 1 aliphatic rings. The number of hydrogen-bond donors (Lipinski definition) is 1. The van der Waals surface area contributed by atoms with Gasteiger partial charge in [-0.05, 0) is 19.3 Å². The number of likely N-dealkylation sites (tertiary alicyclic amines) is 1. The number of aryl methyl sites for hydroxylation is 1. The zero-order chi connectivity index (χ0) is 20.2. The first-order valence-electron chi connectivity index (χ1n) is 10.1. The van der Waals surface area contributed by atoms with Crippen molar-refractivity contribution in [3.63, 3.8) is 0 Å². The Morgan fingerprint density at radius 1 is 1.31 bits per heavy atom. The molecular weight excluding hydrogens is 380 g/mol. The van der Waals surface area contributed by atoms with Crippen LogP contribution in [-0.4, -0.2) is 45.5 Å². The molecule has 1 aromatic carbocycles. The van der Waals surface area contributed by atoms with Crippen molar-refractivity contribution in [3.05, 3.63) is 59.6 Å². The standard InChI is InChI=1S/C22H28N6S/c1-16-9-11-27(14-19(16)28-12-10-24-15-28)22(23-3)25-13-20-17(2)26-21(29-20)18-7-5-4-6-8-18/h4-8,10,12,15-16,19H,9,11,13-14H2,1-3H3,(H,23,25). The third-order valence-electron chi connectivity index (χ3n) is 5.66.